The van der Waals surface area contributed by atoms with Gasteiger partial charge in [0.25, 0.3) is 5.91 Å². The molecule has 2 rings (SSSR count). The Balaban J connectivity index is 2.38. The van der Waals surface area contributed by atoms with E-state index in [4.69, 9.17) is 42.1 Å². The van der Waals surface area contributed by atoms with Crippen LogP contribution in [0.3, 0.4) is 0 Å². The average molecular weight is 498 g/mol. The molecule has 0 aliphatic carbocycles. The van der Waals surface area contributed by atoms with Crippen LogP contribution in [0.2, 0.25) is 10.0 Å². The van der Waals surface area contributed by atoms with Gasteiger partial charge in [-0.15, -0.1) is 5.11 Å². The van der Waals surface area contributed by atoms with E-state index in [9.17, 15) is 9.59 Å². The zero-order valence-corrected chi connectivity index (χ0v) is 20.4. The zero-order chi connectivity index (χ0) is 24.5. The summed E-state index contributed by atoms with van der Waals surface area (Å²) in [5.41, 5.74) is 0.361. The van der Waals surface area contributed by atoms with E-state index in [0.717, 1.165) is 0 Å². The van der Waals surface area contributed by atoms with Gasteiger partial charge < -0.3 is 24.3 Å². The molecule has 1 unspecified atom stereocenters. The maximum atomic E-state index is 12.8. The highest BCUT2D eigenvalue weighted by Crippen LogP contribution is 2.42. The van der Waals surface area contributed by atoms with Crippen molar-refractivity contribution in [2.45, 2.75) is 26.8 Å². The fourth-order valence-electron chi connectivity index (χ4n) is 2.75. The first-order valence-corrected chi connectivity index (χ1v) is 10.7. The van der Waals surface area contributed by atoms with Crippen molar-refractivity contribution in [1.29, 1.82) is 0 Å². The summed E-state index contributed by atoms with van der Waals surface area (Å²) in [4.78, 5) is 25.0. The minimum atomic E-state index is -1.46. The monoisotopic (exact) mass is 497 g/mol. The number of benzene rings is 2. The number of Topliss-reactive ketones (excluding diaryl/α,β-unsaturated/α-hetero) is 1. The number of carbonyl (C=O) groups is 2. The summed E-state index contributed by atoms with van der Waals surface area (Å²) in [5, 5.41) is 10.9. The van der Waals surface area contributed by atoms with Crippen molar-refractivity contribution in [3.05, 3.63) is 34.3 Å². The average Bonchev–Trinajstić information content (AvgIpc) is 2.78. The van der Waals surface area contributed by atoms with Gasteiger partial charge in [-0.25, -0.2) is 0 Å². The molecule has 0 fully saturated rings. The number of nitrogens with one attached hydrogen (secondary N) is 1. The van der Waals surface area contributed by atoms with Gasteiger partial charge in [0.15, 0.2) is 17.3 Å². The van der Waals surface area contributed by atoms with Gasteiger partial charge in [-0.1, -0.05) is 23.2 Å². The lowest BCUT2D eigenvalue weighted by Crippen LogP contribution is -2.32. The van der Waals surface area contributed by atoms with E-state index >= 15 is 0 Å². The van der Waals surface area contributed by atoms with Crippen molar-refractivity contribution in [2.24, 2.45) is 10.2 Å². The molecule has 1 amide bonds. The number of halogens is 2. The molecule has 0 heterocycles. The van der Waals surface area contributed by atoms with Crippen LogP contribution in [0, 0.1) is 0 Å². The number of azo groups is 1. The standard InChI is InChI=1S/C22H25Cl2N3O6/c1-6-32-15-8-9-16(33-7-2)21(19(15)24)27-26-20(12(3)28)22(29)25-14-11-18(31-5)17(30-4)10-13(14)23/h8-11,20H,6-7H2,1-5H3,(H,25,29). The second-order valence-corrected chi connectivity index (χ2v) is 7.28. The van der Waals surface area contributed by atoms with E-state index in [0.29, 0.717) is 36.2 Å². The van der Waals surface area contributed by atoms with Crippen molar-refractivity contribution in [3.63, 3.8) is 0 Å². The number of ether oxygens (including phenoxy) is 4. The van der Waals surface area contributed by atoms with Crippen molar-refractivity contribution in [2.75, 3.05) is 32.8 Å². The van der Waals surface area contributed by atoms with Gasteiger partial charge in [-0.3, -0.25) is 9.59 Å². The number of nitrogens with zero attached hydrogens (tertiary/aromatic N) is 2. The van der Waals surface area contributed by atoms with Gasteiger partial charge in [0.1, 0.15) is 22.2 Å². The highest BCUT2D eigenvalue weighted by atomic mass is 35.5. The molecule has 0 aliphatic heterocycles. The minimum Gasteiger partial charge on any atom is -0.493 e. The van der Waals surface area contributed by atoms with Crippen molar-refractivity contribution in [3.8, 4) is 23.0 Å². The first kappa shape index (κ1) is 26.2. The minimum absolute atomic E-state index is 0.146. The van der Waals surface area contributed by atoms with Crippen LogP contribution in [-0.2, 0) is 9.59 Å². The molecule has 0 spiro atoms. The molecular formula is C22H25Cl2N3O6. The summed E-state index contributed by atoms with van der Waals surface area (Å²) in [6, 6.07) is 4.76. The molecule has 2 aromatic carbocycles. The number of anilines is 1. The van der Waals surface area contributed by atoms with Crippen LogP contribution in [0.5, 0.6) is 23.0 Å². The van der Waals surface area contributed by atoms with Crippen LogP contribution in [-0.4, -0.2) is 45.2 Å². The van der Waals surface area contributed by atoms with Gasteiger partial charge in [0.05, 0.1) is 38.1 Å². The Kier molecular flexibility index (Phi) is 9.74. The Labute approximate surface area is 202 Å². The lowest BCUT2D eigenvalue weighted by Gasteiger charge is -2.15. The third kappa shape index (κ3) is 6.49. The predicted octanol–water partition coefficient (Wildman–Crippen LogP) is 5.49. The molecule has 1 N–H and O–H groups in total. The Bertz CT molecular complexity index is 1050. The summed E-state index contributed by atoms with van der Waals surface area (Å²) in [7, 11) is 2.90. The number of hydrogen-bond acceptors (Lipinski definition) is 8. The zero-order valence-electron chi connectivity index (χ0n) is 18.9. The Morgan fingerprint density at radius 3 is 2.12 bits per heavy atom. The molecular weight excluding hydrogens is 473 g/mol. The molecule has 0 radical (unpaired) electrons. The van der Waals surface area contributed by atoms with Crippen molar-refractivity contribution >= 4 is 46.3 Å². The SMILES string of the molecule is CCOc1ccc(OCC)c(N=NC(C(C)=O)C(=O)Nc2cc(OC)c(OC)cc2Cl)c1Cl. The van der Waals surface area contributed by atoms with Crippen molar-refractivity contribution < 1.29 is 28.5 Å². The van der Waals surface area contributed by atoms with Gasteiger partial charge in [-0.05, 0) is 32.9 Å². The van der Waals surface area contributed by atoms with E-state index in [2.05, 4.69) is 15.5 Å². The molecule has 0 aliphatic rings. The predicted molar refractivity (Wildman–Crippen MR) is 126 cm³/mol. The van der Waals surface area contributed by atoms with Gasteiger partial charge in [0, 0.05) is 12.1 Å². The van der Waals surface area contributed by atoms with E-state index in [1.165, 1.54) is 33.3 Å². The number of rotatable bonds is 11. The molecule has 11 heteroatoms. The molecule has 0 saturated heterocycles. The lowest BCUT2D eigenvalue weighted by atomic mass is 10.2. The van der Waals surface area contributed by atoms with Gasteiger partial charge in [-0.2, -0.15) is 5.11 Å². The third-order valence-corrected chi connectivity index (χ3v) is 4.96. The van der Waals surface area contributed by atoms with Crippen LogP contribution in [0.15, 0.2) is 34.5 Å². The molecule has 0 bridgehead atoms. The number of ketones is 1. The third-order valence-electron chi connectivity index (χ3n) is 4.28. The summed E-state index contributed by atoms with van der Waals surface area (Å²) in [6.45, 7) is 5.56. The second-order valence-electron chi connectivity index (χ2n) is 6.50. The Hall–Kier alpha value is -3.04. The first-order chi connectivity index (χ1) is 15.8. The molecule has 2 aromatic rings. The highest BCUT2D eigenvalue weighted by molar-refractivity contribution is 6.35. The Morgan fingerprint density at radius 2 is 1.55 bits per heavy atom. The lowest BCUT2D eigenvalue weighted by molar-refractivity contribution is -0.126. The summed E-state index contributed by atoms with van der Waals surface area (Å²) in [5.74, 6) is 0.158. The van der Waals surface area contributed by atoms with Crippen LogP contribution < -0.4 is 24.3 Å². The van der Waals surface area contributed by atoms with E-state index in [-0.39, 0.29) is 21.4 Å². The fraction of sp³-hybridized carbons (Fsp3) is 0.364. The maximum Gasteiger partial charge on any atom is 0.258 e. The van der Waals surface area contributed by atoms with Gasteiger partial charge in [0.2, 0.25) is 6.04 Å². The second kappa shape index (κ2) is 12.3. The Morgan fingerprint density at radius 1 is 0.970 bits per heavy atom. The molecule has 9 nitrogen and oxygen atoms in total. The van der Waals surface area contributed by atoms with Gasteiger partial charge >= 0.3 is 0 Å². The van der Waals surface area contributed by atoms with Crippen molar-refractivity contribution in [1.82, 2.24) is 0 Å². The summed E-state index contributed by atoms with van der Waals surface area (Å²) >= 11 is 12.6. The highest BCUT2D eigenvalue weighted by Gasteiger charge is 2.25. The quantitative estimate of drug-likeness (QED) is 0.324. The molecule has 0 aromatic heterocycles. The van der Waals surface area contributed by atoms with Crippen LogP contribution in [0.4, 0.5) is 11.4 Å². The van der Waals surface area contributed by atoms with Crippen LogP contribution in [0.25, 0.3) is 0 Å². The fourth-order valence-corrected chi connectivity index (χ4v) is 3.19. The normalized spacial score (nSPS) is 11.7. The first-order valence-electron chi connectivity index (χ1n) is 9.99. The summed E-state index contributed by atoms with van der Waals surface area (Å²) in [6.07, 6.45) is 0. The number of methoxy groups -OCH3 is 2. The number of hydrogen-bond donors (Lipinski definition) is 1. The largest absolute Gasteiger partial charge is 0.493 e. The molecule has 33 heavy (non-hydrogen) atoms. The molecule has 178 valence electrons. The van der Waals surface area contributed by atoms with E-state index < -0.39 is 17.7 Å². The molecule has 0 saturated carbocycles. The smallest absolute Gasteiger partial charge is 0.258 e. The maximum absolute atomic E-state index is 12.8. The van der Waals surface area contributed by atoms with E-state index in [1.54, 1.807) is 19.1 Å². The number of carbonyl (C=O) groups excluding carboxylic acids is 2. The van der Waals surface area contributed by atoms with Crippen LogP contribution >= 0.6 is 23.2 Å². The van der Waals surface area contributed by atoms with E-state index in [1.807, 2.05) is 6.92 Å². The summed E-state index contributed by atoms with van der Waals surface area (Å²) < 4.78 is 21.4. The molecule has 1 atom stereocenters. The van der Waals surface area contributed by atoms with Crippen LogP contribution in [0.1, 0.15) is 20.8 Å². The number of amides is 1. The topological polar surface area (TPSA) is 108 Å².